The molecule has 0 aliphatic carbocycles. The van der Waals surface area contributed by atoms with E-state index in [1.807, 2.05) is 12.1 Å². The number of nitriles is 1. The van der Waals surface area contributed by atoms with Gasteiger partial charge in [0.2, 0.25) is 5.88 Å². The number of rotatable bonds is 2. The van der Waals surface area contributed by atoms with Gasteiger partial charge < -0.3 is 10.1 Å². The molecule has 0 saturated heterocycles. The summed E-state index contributed by atoms with van der Waals surface area (Å²) in [4.78, 5) is 14.8. The van der Waals surface area contributed by atoms with Crippen LogP contribution in [-0.4, -0.2) is 19.7 Å². The Morgan fingerprint density at radius 1 is 1.50 bits per heavy atom. The highest BCUT2D eigenvalue weighted by Crippen LogP contribution is 2.22. The quantitative estimate of drug-likeness (QED) is 0.757. The molecule has 2 heterocycles. The maximum atomic E-state index is 12.2. The highest BCUT2D eigenvalue weighted by Gasteiger charge is 2.18. The van der Waals surface area contributed by atoms with Crippen LogP contribution in [0, 0.1) is 18.3 Å². The summed E-state index contributed by atoms with van der Waals surface area (Å²) in [7, 11) is 0. The lowest BCUT2D eigenvalue weighted by Gasteiger charge is -2.06. The van der Waals surface area contributed by atoms with Crippen molar-refractivity contribution in [3.8, 4) is 11.9 Å². The van der Waals surface area contributed by atoms with Crippen LogP contribution in [0.5, 0.6) is 5.88 Å². The van der Waals surface area contributed by atoms with E-state index in [-0.39, 0.29) is 29.1 Å². The maximum absolute atomic E-state index is 12.2. The Kier molecular flexibility index (Phi) is 3.35. The van der Waals surface area contributed by atoms with Crippen molar-refractivity contribution < 1.29 is 5.11 Å². The molecule has 110 valence electrons. The van der Waals surface area contributed by atoms with Gasteiger partial charge in [-0.05, 0) is 24.6 Å². The molecule has 6 nitrogen and oxygen atoms in total. The largest absolute Gasteiger partial charge is 0.493 e. The third-order valence-electron chi connectivity index (χ3n) is 3.42. The highest BCUT2D eigenvalue weighted by molar-refractivity contribution is 6.30. The predicted molar refractivity (Wildman–Crippen MR) is 81.2 cm³/mol. The average Bonchev–Trinajstić information content (AvgIpc) is 2.79. The number of halogens is 1. The fourth-order valence-corrected chi connectivity index (χ4v) is 2.57. The molecular formula is C15H11ClN4O2. The fourth-order valence-electron chi connectivity index (χ4n) is 2.35. The van der Waals surface area contributed by atoms with Crippen LogP contribution in [0.3, 0.4) is 0 Å². The monoisotopic (exact) mass is 314 g/mol. The second kappa shape index (κ2) is 5.20. The first-order valence-electron chi connectivity index (χ1n) is 6.49. The minimum absolute atomic E-state index is 0.168. The summed E-state index contributed by atoms with van der Waals surface area (Å²) in [6.07, 6.45) is 0.207. The SMILES string of the molecule is Cc1nn2c(O)c(Cc3cccc(Cl)c3)c(=O)[nH]c2c1C#N. The van der Waals surface area contributed by atoms with Crippen LogP contribution >= 0.6 is 11.6 Å². The van der Waals surface area contributed by atoms with Crippen molar-refractivity contribution in [2.24, 2.45) is 0 Å². The zero-order valence-corrected chi connectivity index (χ0v) is 12.3. The highest BCUT2D eigenvalue weighted by atomic mass is 35.5. The summed E-state index contributed by atoms with van der Waals surface area (Å²) >= 11 is 5.93. The number of aromatic amines is 1. The molecule has 0 atom stereocenters. The minimum atomic E-state index is -0.457. The van der Waals surface area contributed by atoms with Gasteiger partial charge in [0.25, 0.3) is 5.56 Å². The zero-order chi connectivity index (χ0) is 15.9. The molecular weight excluding hydrogens is 304 g/mol. The van der Waals surface area contributed by atoms with Crippen molar-refractivity contribution in [1.29, 1.82) is 5.26 Å². The van der Waals surface area contributed by atoms with E-state index in [0.717, 1.165) is 5.56 Å². The Morgan fingerprint density at radius 2 is 2.27 bits per heavy atom. The molecule has 0 amide bonds. The van der Waals surface area contributed by atoms with Gasteiger partial charge >= 0.3 is 0 Å². The Morgan fingerprint density at radius 3 is 2.95 bits per heavy atom. The Hall–Kier alpha value is -2.78. The first-order chi connectivity index (χ1) is 10.5. The molecule has 0 fully saturated rings. The molecule has 3 aromatic rings. The molecule has 0 radical (unpaired) electrons. The van der Waals surface area contributed by atoms with Crippen molar-refractivity contribution in [3.63, 3.8) is 0 Å². The maximum Gasteiger partial charge on any atom is 0.258 e. The third-order valence-corrected chi connectivity index (χ3v) is 3.65. The standard InChI is InChI=1S/C15H11ClN4O2/c1-8-12(7-17)13-18-14(21)11(15(22)20(13)19-8)6-9-3-2-4-10(16)5-9/h2-5,22H,6H2,1H3,(H,18,21). The molecule has 2 aromatic heterocycles. The van der Waals surface area contributed by atoms with Gasteiger partial charge in [-0.1, -0.05) is 23.7 Å². The lowest BCUT2D eigenvalue weighted by molar-refractivity contribution is 0.427. The molecule has 1 aromatic carbocycles. The topological polar surface area (TPSA) is 94.2 Å². The van der Waals surface area contributed by atoms with Crippen LogP contribution in [0.15, 0.2) is 29.1 Å². The molecule has 0 aliphatic rings. The number of aromatic hydroxyl groups is 1. The normalized spacial score (nSPS) is 10.8. The van der Waals surface area contributed by atoms with Crippen molar-refractivity contribution in [2.75, 3.05) is 0 Å². The van der Waals surface area contributed by atoms with Crippen molar-refractivity contribution in [1.82, 2.24) is 14.6 Å². The average molecular weight is 315 g/mol. The van der Waals surface area contributed by atoms with Crippen LogP contribution in [-0.2, 0) is 6.42 Å². The van der Waals surface area contributed by atoms with Crippen molar-refractivity contribution in [3.05, 3.63) is 62.0 Å². The van der Waals surface area contributed by atoms with Gasteiger partial charge in [-0.3, -0.25) is 4.79 Å². The van der Waals surface area contributed by atoms with Crippen molar-refractivity contribution >= 4 is 17.2 Å². The number of aromatic nitrogens is 3. The van der Waals surface area contributed by atoms with Crippen LogP contribution in [0.2, 0.25) is 5.02 Å². The first kappa shape index (κ1) is 14.2. The number of hydrogen-bond acceptors (Lipinski definition) is 4. The van der Waals surface area contributed by atoms with Gasteiger partial charge in [-0.25, -0.2) is 0 Å². The van der Waals surface area contributed by atoms with Gasteiger partial charge in [0.15, 0.2) is 5.65 Å². The Balaban J connectivity index is 2.19. The van der Waals surface area contributed by atoms with E-state index in [2.05, 4.69) is 10.1 Å². The van der Waals surface area contributed by atoms with Gasteiger partial charge in [0.05, 0.1) is 11.3 Å². The van der Waals surface area contributed by atoms with E-state index in [9.17, 15) is 9.90 Å². The number of aryl methyl sites for hydroxylation is 1. The summed E-state index contributed by atoms with van der Waals surface area (Å²) < 4.78 is 1.18. The van der Waals surface area contributed by atoms with Crippen LogP contribution in [0.25, 0.3) is 5.65 Å². The lowest BCUT2D eigenvalue weighted by atomic mass is 10.1. The van der Waals surface area contributed by atoms with E-state index in [4.69, 9.17) is 16.9 Å². The summed E-state index contributed by atoms with van der Waals surface area (Å²) in [6, 6.07) is 9.00. The van der Waals surface area contributed by atoms with Gasteiger partial charge in [0.1, 0.15) is 11.6 Å². The van der Waals surface area contributed by atoms with E-state index < -0.39 is 5.56 Å². The molecule has 22 heavy (non-hydrogen) atoms. The second-order valence-corrected chi connectivity index (χ2v) is 5.33. The van der Waals surface area contributed by atoms with E-state index in [1.165, 1.54) is 4.52 Å². The lowest BCUT2D eigenvalue weighted by Crippen LogP contribution is -2.16. The first-order valence-corrected chi connectivity index (χ1v) is 6.87. The minimum Gasteiger partial charge on any atom is -0.493 e. The van der Waals surface area contributed by atoms with Crippen LogP contribution in [0.1, 0.15) is 22.4 Å². The molecule has 0 spiro atoms. The van der Waals surface area contributed by atoms with E-state index in [0.29, 0.717) is 10.7 Å². The fraction of sp³-hybridized carbons (Fsp3) is 0.133. The third kappa shape index (κ3) is 2.22. The number of H-pyrrole nitrogens is 1. The number of hydrogen-bond donors (Lipinski definition) is 2. The van der Waals surface area contributed by atoms with Crippen LogP contribution in [0.4, 0.5) is 0 Å². The molecule has 7 heteroatoms. The molecule has 2 N–H and O–H groups in total. The number of nitrogens with zero attached hydrogens (tertiary/aromatic N) is 3. The van der Waals surface area contributed by atoms with Crippen LogP contribution < -0.4 is 5.56 Å². The summed E-state index contributed by atoms with van der Waals surface area (Å²) in [5, 5.41) is 24.1. The van der Waals surface area contributed by atoms with E-state index in [1.54, 1.807) is 25.1 Å². The smallest absolute Gasteiger partial charge is 0.258 e. The van der Waals surface area contributed by atoms with Gasteiger partial charge in [-0.2, -0.15) is 14.9 Å². The van der Waals surface area contributed by atoms with Crippen molar-refractivity contribution in [2.45, 2.75) is 13.3 Å². The van der Waals surface area contributed by atoms with E-state index >= 15 is 0 Å². The summed E-state index contributed by atoms with van der Waals surface area (Å²) in [6.45, 7) is 1.64. The summed E-state index contributed by atoms with van der Waals surface area (Å²) in [5.74, 6) is -0.275. The molecule has 0 saturated carbocycles. The predicted octanol–water partition coefficient (Wildman–Crippen LogP) is 2.15. The van der Waals surface area contributed by atoms with Gasteiger partial charge in [-0.15, -0.1) is 0 Å². The molecule has 0 aliphatic heterocycles. The molecule has 3 rings (SSSR count). The summed E-state index contributed by atoms with van der Waals surface area (Å²) in [5.41, 5.74) is 1.37. The number of fused-ring (bicyclic) bond motifs is 1. The molecule has 0 bridgehead atoms. The van der Waals surface area contributed by atoms with Gasteiger partial charge in [0, 0.05) is 11.4 Å². The second-order valence-electron chi connectivity index (χ2n) is 4.90. The number of nitrogens with one attached hydrogen (secondary N) is 1. The Labute approximate surface area is 130 Å². The molecule has 0 unspecified atom stereocenters. The number of benzene rings is 1. The Bertz CT molecular complexity index is 982. The zero-order valence-electron chi connectivity index (χ0n) is 11.6.